The zero-order valence-electron chi connectivity index (χ0n) is 10.2. The number of sulfonamides is 1. The molecule has 2 rings (SSSR count). The van der Waals surface area contributed by atoms with E-state index < -0.39 is 22.2 Å². The van der Waals surface area contributed by atoms with Crippen LogP contribution in [0, 0.1) is 0 Å². The second-order valence-electron chi connectivity index (χ2n) is 4.39. The summed E-state index contributed by atoms with van der Waals surface area (Å²) in [5, 5.41) is 12.8. The van der Waals surface area contributed by atoms with Crippen LogP contribution in [0.3, 0.4) is 0 Å². The number of likely N-dealkylation sites (N-methyl/N-ethyl adjacent to an activating group) is 1. The lowest BCUT2D eigenvalue weighted by Gasteiger charge is -2.26. The van der Waals surface area contributed by atoms with Crippen LogP contribution in [-0.4, -0.2) is 50.1 Å². The molecule has 0 aliphatic carbocycles. The van der Waals surface area contributed by atoms with Gasteiger partial charge in [0.1, 0.15) is 0 Å². The maximum Gasteiger partial charge on any atom is 0.244 e. The molecule has 0 spiro atoms. The highest BCUT2D eigenvalue weighted by Gasteiger charge is 2.36. The van der Waals surface area contributed by atoms with Crippen molar-refractivity contribution in [2.24, 2.45) is 0 Å². The number of hydrogen-bond acceptors (Lipinski definition) is 4. The molecule has 5 nitrogen and oxygen atoms in total. The molecule has 0 bridgehead atoms. The molecule has 0 amide bonds. The van der Waals surface area contributed by atoms with Crippen LogP contribution in [0.5, 0.6) is 0 Å². The van der Waals surface area contributed by atoms with E-state index in [0.29, 0.717) is 17.6 Å². The van der Waals surface area contributed by atoms with Crippen LogP contribution in [0.25, 0.3) is 0 Å². The Hall–Kier alpha value is 0.01000. The van der Waals surface area contributed by atoms with E-state index in [9.17, 15) is 13.5 Å². The largest absolute Gasteiger partial charge is 0.390 e. The van der Waals surface area contributed by atoms with Crippen LogP contribution in [0.15, 0.2) is 32.0 Å². The highest BCUT2D eigenvalue weighted by molar-refractivity contribution is 9.11. The van der Waals surface area contributed by atoms with Crippen LogP contribution in [0.1, 0.15) is 0 Å². The lowest BCUT2D eigenvalue weighted by molar-refractivity contribution is 0.136. The van der Waals surface area contributed by atoms with Gasteiger partial charge in [-0.3, -0.25) is 0 Å². The van der Waals surface area contributed by atoms with Crippen molar-refractivity contribution >= 4 is 41.9 Å². The molecule has 1 aliphatic rings. The van der Waals surface area contributed by atoms with Gasteiger partial charge >= 0.3 is 0 Å². The Bertz CT molecular complexity index is 579. The van der Waals surface area contributed by atoms with E-state index in [-0.39, 0.29) is 4.90 Å². The monoisotopic (exact) mass is 412 g/mol. The first-order valence-electron chi connectivity index (χ1n) is 5.66. The van der Waals surface area contributed by atoms with E-state index in [1.54, 1.807) is 12.1 Å². The first-order valence-corrected chi connectivity index (χ1v) is 8.68. The van der Waals surface area contributed by atoms with Gasteiger partial charge in [-0.1, -0.05) is 15.9 Å². The van der Waals surface area contributed by atoms with E-state index >= 15 is 0 Å². The Morgan fingerprint density at radius 1 is 1.37 bits per heavy atom. The van der Waals surface area contributed by atoms with Crippen molar-refractivity contribution < 1.29 is 13.5 Å². The molecule has 8 heteroatoms. The summed E-state index contributed by atoms with van der Waals surface area (Å²) in [7, 11) is -2.15. The van der Waals surface area contributed by atoms with Gasteiger partial charge in [0, 0.05) is 29.1 Å². The third-order valence-corrected chi connectivity index (χ3v) is 6.52. The molecule has 0 aromatic heterocycles. The maximum atomic E-state index is 12.5. The van der Waals surface area contributed by atoms with Gasteiger partial charge < -0.3 is 10.4 Å². The highest BCUT2D eigenvalue weighted by atomic mass is 79.9. The number of nitrogens with one attached hydrogen (secondary N) is 1. The van der Waals surface area contributed by atoms with Crippen LogP contribution in [0.4, 0.5) is 0 Å². The van der Waals surface area contributed by atoms with Crippen molar-refractivity contribution in [3.8, 4) is 0 Å². The lowest BCUT2D eigenvalue weighted by Crippen LogP contribution is -2.44. The number of hydrogen-bond donors (Lipinski definition) is 2. The fourth-order valence-electron chi connectivity index (χ4n) is 2.04. The normalized spacial score (nSPS) is 24.1. The molecule has 2 N–H and O–H groups in total. The van der Waals surface area contributed by atoms with Gasteiger partial charge in [0.25, 0.3) is 0 Å². The minimum Gasteiger partial charge on any atom is -0.390 e. The fourth-order valence-corrected chi connectivity index (χ4v) is 5.13. The van der Waals surface area contributed by atoms with Crippen LogP contribution < -0.4 is 5.32 Å². The quantitative estimate of drug-likeness (QED) is 0.780. The molecular weight excluding hydrogens is 400 g/mol. The van der Waals surface area contributed by atoms with E-state index in [0.717, 1.165) is 4.47 Å². The number of β-amino-alcohol motifs (C(OH)–C–C–N with tert-alkyl or cyclic N) is 1. The summed E-state index contributed by atoms with van der Waals surface area (Å²) in [6.45, 7) is 0.858. The summed E-state index contributed by atoms with van der Waals surface area (Å²) >= 11 is 6.55. The first kappa shape index (κ1) is 15.4. The third kappa shape index (κ3) is 3.03. The van der Waals surface area contributed by atoms with Gasteiger partial charge in [0.05, 0.1) is 17.0 Å². The maximum absolute atomic E-state index is 12.5. The van der Waals surface area contributed by atoms with Crippen LogP contribution in [-0.2, 0) is 10.0 Å². The summed E-state index contributed by atoms with van der Waals surface area (Å²) < 4.78 is 27.6. The zero-order valence-corrected chi connectivity index (χ0v) is 14.2. The molecule has 19 heavy (non-hydrogen) atoms. The zero-order chi connectivity index (χ0) is 14.2. The van der Waals surface area contributed by atoms with Gasteiger partial charge in [0.15, 0.2) is 0 Å². The average molecular weight is 414 g/mol. The van der Waals surface area contributed by atoms with Crippen LogP contribution in [0.2, 0.25) is 0 Å². The smallest absolute Gasteiger partial charge is 0.244 e. The third-order valence-electron chi connectivity index (χ3n) is 3.17. The van der Waals surface area contributed by atoms with E-state index in [1.165, 1.54) is 17.4 Å². The molecule has 1 aromatic rings. The number of aliphatic hydroxyl groups excluding tert-OH is 1. The molecule has 1 aromatic carbocycles. The second-order valence-corrected chi connectivity index (χ2v) is 8.12. The Labute approximate surface area is 129 Å². The number of rotatable bonds is 3. The van der Waals surface area contributed by atoms with Crippen molar-refractivity contribution in [3.05, 3.63) is 27.1 Å². The fraction of sp³-hybridized carbons (Fsp3) is 0.455. The van der Waals surface area contributed by atoms with Crippen molar-refractivity contribution in [2.45, 2.75) is 17.0 Å². The molecule has 0 radical (unpaired) electrons. The van der Waals surface area contributed by atoms with Crippen LogP contribution >= 0.6 is 31.9 Å². The van der Waals surface area contributed by atoms with E-state index in [4.69, 9.17) is 0 Å². The van der Waals surface area contributed by atoms with Gasteiger partial charge in [-0.2, -0.15) is 4.31 Å². The van der Waals surface area contributed by atoms with Gasteiger partial charge in [0.2, 0.25) is 10.0 Å². The van der Waals surface area contributed by atoms with E-state index in [1.807, 2.05) is 0 Å². The van der Waals surface area contributed by atoms with Gasteiger partial charge in [-0.05, 0) is 34.1 Å². The highest BCUT2D eigenvalue weighted by Crippen LogP contribution is 2.29. The Morgan fingerprint density at radius 2 is 2.05 bits per heavy atom. The first-order chi connectivity index (χ1) is 8.84. The summed E-state index contributed by atoms with van der Waals surface area (Å²) in [5.74, 6) is 0. The summed E-state index contributed by atoms with van der Waals surface area (Å²) in [5.41, 5.74) is 0. The Kier molecular flexibility index (Phi) is 4.69. The Balaban J connectivity index is 2.36. The minimum atomic E-state index is -3.64. The summed E-state index contributed by atoms with van der Waals surface area (Å²) in [4.78, 5) is 0.192. The van der Waals surface area contributed by atoms with Crippen molar-refractivity contribution in [1.82, 2.24) is 9.62 Å². The predicted molar refractivity (Wildman–Crippen MR) is 79.5 cm³/mol. The molecular formula is C11H14Br2N2O3S. The second kappa shape index (κ2) is 5.79. The average Bonchev–Trinajstić information content (AvgIpc) is 2.73. The van der Waals surface area contributed by atoms with Crippen molar-refractivity contribution in [2.75, 3.05) is 20.1 Å². The SMILES string of the molecule is CN([C@@H]1CNC[C@H]1O)S(=O)(=O)c1ccc(Br)cc1Br. The van der Waals surface area contributed by atoms with Crippen molar-refractivity contribution in [1.29, 1.82) is 0 Å². The number of aliphatic hydroxyl groups is 1. The molecule has 1 aliphatic heterocycles. The standard InChI is InChI=1S/C11H14Br2N2O3S/c1-15(9-5-14-6-10(9)16)19(17,18)11-3-2-7(12)4-8(11)13/h2-4,9-10,14,16H,5-6H2,1H3/t9-,10-/m1/s1. The number of benzene rings is 1. The molecule has 2 atom stereocenters. The molecule has 1 heterocycles. The minimum absolute atomic E-state index is 0.192. The number of nitrogens with zero attached hydrogens (tertiary/aromatic N) is 1. The lowest BCUT2D eigenvalue weighted by atomic mass is 10.2. The van der Waals surface area contributed by atoms with Crippen molar-refractivity contribution in [3.63, 3.8) is 0 Å². The predicted octanol–water partition coefficient (Wildman–Crippen LogP) is 1.16. The molecule has 1 saturated heterocycles. The molecule has 0 saturated carbocycles. The summed E-state index contributed by atoms with van der Waals surface area (Å²) in [6.07, 6.45) is -0.686. The number of halogens is 2. The molecule has 0 unspecified atom stereocenters. The molecule has 106 valence electrons. The van der Waals surface area contributed by atoms with E-state index in [2.05, 4.69) is 37.2 Å². The topological polar surface area (TPSA) is 69.6 Å². The molecule has 1 fully saturated rings. The van der Waals surface area contributed by atoms with Gasteiger partial charge in [-0.15, -0.1) is 0 Å². The van der Waals surface area contributed by atoms with Gasteiger partial charge in [-0.25, -0.2) is 8.42 Å². The Morgan fingerprint density at radius 3 is 2.58 bits per heavy atom. The summed E-state index contributed by atoms with van der Waals surface area (Å²) in [6, 6.07) is 4.45.